The Morgan fingerprint density at radius 3 is 2.50 bits per heavy atom. The Kier molecular flexibility index (Phi) is 10.9. The maximum Gasteiger partial charge on any atom is 0.302 e. The van der Waals surface area contributed by atoms with Crippen LogP contribution in [-0.2, 0) is 14.3 Å². The van der Waals surface area contributed by atoms with E-state index in [0.29, 0.717) is 23.5 Å². The van der Waals surface area contributed by atoms with E-state index in [4.69, 9.17) is 16.3 Å². The molecule has 4 aliphatic carbocycles. The van der Waals surface area contributed by atoms with Gasteiger partial charge in [-0.2, -0.15) is 0 Å². The summed E-state index contributed by atoms with van der Waals surface area (Å²) in [4.78, 5) is 28.6. The van der Waals surface area contributed by atoms with Gasteiger partial charge in [-0.25, -0.2) is 0 Å². The van der Waals surface area contributed by atoms with Gasteiger partial charge in [0, 0.05) is 46.5 Å². The molecule has 0 amide bonds. The number of hydrogen-bond donors (Lipinski definition) is 0. The molecule has 2 aromatic carbocycles. The van der Waals surface area contributed by atoms with Crippen LogP contribution in [0.15, 0.2) is 70.0 Å². The Bertz CT molecular complexity index is 1530. The van der Waals surface area contributed by atoms with Crippen LogP contribution in [0.4, 0.5) is 0 Å². The van der Waals surface area contributed by atoms with Crippen molar-refractivity contribution in [1.29, 1.82) is 0 Å². The zero-order valence-electron chi connectivity index (χ0n) is 27.9. The van der Waals surface area contributed by atoms with Crippen LogP contribution in [0.25, 0.3) is 5.57 Å². The molecule has 1 aliphatic heterocycles. The van der Waals surface area contributed by atoms with Gasteiger partial charge in [-0.15, -0.1) is 12.4 Å². The molecule has 0 saturated heterocycles. The molecule has 0 bridgehead atoms. The first-order chi connectivity index (χ1) is 21.5. The maximum absolute atomic E-state index is 12.4. The first-order valence-corrected chi connectivity index (χ1v) is 18.0. The fraction of sp³-hybridized carbons (Fsp3) is 0.538. The van der Waals surface area contributed by atoms with E-state index in [1.54, 1.807) is 0 Å². The third kappa shape index (κ3) is 6.77. The summed E-state index contributed by atoms with van der Waals surface area (Å²) in [5, 5.41) is 0.798. The minimum atomic E-state index is -0.157. The second-order valence-corrected chi connectivity index (χ2v) is 16.1. The highest BCUT2D eigenvalue weighted by atomic mass is 35.5. The molecule has 3 saturated carbocycles. The molecular weight excluding hydrogens is 633 g/mol. The number of esters is 1. The summed E-state index contributed by atoms with van der Waals surface area (Å²) in [7, 11) is 4.21. The Balaban J connectivity index is 0.000000179. The second-order valence-electron chi connectivity index (χ2n) is 14.6. The zero-order chi connectivity index (χ0) is 31.9. The highest BCUT2D eigenvalue weighted by Crippen LogP contribution is 2.64. The van der Waals surface area contributed by atoms with Gasteiger partial charge in [0.2, 0.25) is 0 Å². The number of carbonyl (C=O) groups excluding carboxylic acids is 2. The van der Waals surface area contributed by atoms with Gasteiger partial charge in [-0.3, -0.25) is 9.59 Å². The number of Topliss-reactive ketones (excluding diaryl/α,β-unsaturated/α-hetero) is 1. The van der Waals surface area contributed by atoms with E-state index in [1.165, 1.54) is 45.4 Å². The van der Waals surface area contributed by atoms with Crippen LogP contribution < -0.4 is 0 Å². The summed E-state index contributed by atoms with van der Waals surface area (Å²) in [6, 6.07) is 14.8. The number of ketones is 1. The van der Waals surface area contributed by atoms with Gasteiger partial charge in [-0.1, -0.05) is 73.1 Å². The number of ether oxygens (including phenoxy) is 1. The molecular formula is C39H49Cl2NO3S. The average molecular weight is 683 g/mol. The molecule has 0 N–H and O–H groups in total. The van der Waals surface area contributed by atoms with Crippen LogP contribution in [-0.4, -0.2) is 43.4 Å². The molecule has 248 valence electrons. The van der Waals surface area contributed by atoms with Crippen molar-refractivity contribution < 1.29 is 14.3 Å². The van der Waals surface area contributed by atoms with Crippen LogP contribution in [0.5, 0.6) is 0 Å². The molecule has 1 heterocycles. The van der Waals surface area contributed by atoms with Gasteiger partial charge in [0.1, 0.15) is 11.9 Å². The highest BCUT2D eigenvalue weighted by molar-refractivity contribution is 7.99. The molecule has 7 rings (SSSR count). The van der Waals surface area contributed by atoms with Crippen LogP contribution in [0.2, 0.25) is 5.02 Å². The summed E-state index contributed by atoms with van der Waals surface area (Å²) in [6.45, 7) is 7.24. The Morgan fingerprint density at radius 2 is 1.74 bits per heavy atom. The van der Waals surface area contributed by atoms with Crippen molar-refractivity contribution in [2.75, 3.05) is 20.6 Å². The van der Waals surface area contributed by atoms with Crippen LogP contribution in [0, 0.1) is 28.6 Å². The van der Waals surface area contributed by atoms with Crippen molar-refractivity contribution >= 4 is 53.1 Å². The topological polar surface area (TPSA) is 46.6 Å². The van der Waals surface area contributed by atoms with Crippen LogP contribution >= 0.6 is 35.8 Å². The number of benzene rings is 2. The molecule has 46 heavy (non-hydrogen) atoms. The highest BCUT2D eigenvalue weighted by Gasteiger charge is 2.58. The van der Waals surface area contributed by atoms with Crippen molar-refractivity contribution in [3.8, 4) is 0 Å². The van der Waals surface area contributed by atoms with Gasteiger partial charge in [-0.05, 0) is 123 Å². The van der Waals surface area contributed by atoms with Gasteiger partial charge >= 0.3 is 5.97 Å². The van der Waals surface area contributed by atoms with E-state index in [9.17, 15) is 9.59 Å². The monoisotopic (exact) mass is 681 g/mol. The third-order valence-electron chi connectivity index (χ3n) is 11.7. The number of hydrogen-bond acceptors (Lipinski definition) is 5. The SMILES string of the molecule is CC(=O)OC1CCC2(C)C(=CCC3C4CCC(=O)C4(C)CCC32)C1.CN(C)CCC=C1c2ccccc2Sc2ccc(Cl)cc21.Cl. The lowest BCUT2D eigenvalue weighted by molar-refractivity contribution is -0.148. The van der Waals surface area contributed by atoms with E-state index in [1.807, 2.05) is 17.8 Å². The molecule has 0 spiro atoms. The second kappa shape index (κ2) is 14.2. The van der Waals surface area contributed by atoms with Crippen LogP contribution in [0.3, 0.4) is 0 Å². The first kappa shape index (κ1) is 35.3. The van der Waals surface area contributed by atoms with E-state index in [0.717, 1.165) is 62.9 Å². The summed E-state index contributed by atoms with van der Waals surface area (Å²) < 4.78 is 5.50. The minimum absolute atomic E-state index is 0. The number of halogens is 2. The third-order valence-corrected chi connectivity index (χ3v) is 13.0. The first-order valence-electron chi connectivity index (χ1n) is 16.8. The minimum Gasteiger partial charge on any atom is -0.462 e. The predicted octanol–water partition coefficient (Wildman–Crippen LogP) is 10.1. The van der Waals surface area contributed by atoms with Crippen molar-refractivity contribution in [3.63, 3.8) is 0 Å². The summed E-state index contributed by atoms with van der Waals surface area (Å²) in [5.41, 5.74) is 5.61. The molecule has 6 unspecified atom stereocenters. The average Bonchev–Trinajstić information content (AvgIpc) is 3.31. The van der Waals surface area contributed by atoms with Crippen molar-refractivity contribution in [2.45, 2.75) is 94.5 Å². The fourth-order valence-corrected chi connectivity index (χ4v) is 10.5. The number of rotatable bonds is 4. The molecule has 4 nitrogen and oxygen atoms in total. The lowest BCUT2D eigenvalue weighted by Crippen LogP contribution is -2.50. The van der Waals surface area contributed by atoms with Crippen molar-refractivity contribution in [1.82, 2.24) is 4.90 Å². The molecule has 2 aromatic rings. The van der Waals surface area contributed by atoms with E-state index in [-0.39, 0.29) is 35.3 Å². The number of carbonyl (C=O) groups is 2. The normalized spacial score (nSPS) is 31.6. The van der Waals surface area contributed by atoms with Gasteiger partial charge in [0.25, 0.3) is 0 Å². The number of allylic oxidation sites excluding steroid dienone is 1. The lowest BCUT2D eigenvalue weighted by Gasteiger charge is -2.56. The van der Waals surface area contributed by atoms with Gasteiger partial charge < -0.3 is 9.64 Å². The van der Waals surface area contributed by atoms with Gasteiger partial charge in [0.15, 0.2) is 0 Å². The summed E-state index contributed by atoms with van der Waals surface area (Å²) >= 11 is 8.03. The van der Waals surface area contributed by atoms with Crippen molar-refractivity contribution in [2.24, 2.45) is 28.6 Å². The lowest BCUT2D eigenvalue weighted by atomic mass is 9.48. The zero-order valence-corrected chi connectivity index (χ0v) is 30.3. The summed E-state index contributed by atoms with van der Waals surface area (Å²) in [6.07, 6.45) is 14.2. The predicted molar refractivity (Wildman–Crippen MR) is 192 cm³/mol. The number of fused-ring (bicyclic) bond motifs is 7. The number of nitrogens with zero attached hydrogens (tertiary/aromatic N) is 1. The largest absolute Gasteiger partial charge is 0.462 e. The van der Waals surface area contributed by atoms with E-state index >= 15 is 0 Å². The Labute approximate surface area is 291 Å². The Morgan fingerprint density at radius 1 is 1.02 bits per heavy atom. The van der Waals surface area contributed by atoms with E-state index < -0.39 is 0 Å². The fourth-order valence-electron chi connectivity index (χ4n) is 9.26. The van der Waals surface area contributed by atoms with Crippen LogP contribution in [0.1, 0.15) is 89.7 Å². The van der Waals surface area contributed by atoms with E-state index in [2.05, 4.69) is 81.4 Å². The molecule has 5 aliphatic rings. The molecule has 7 heteroatoms. The maximum atomic E-state index is 12.4. The molecule has 6 atom stereocenters. The Hall–Kier alpha value is -2.05. The molecule has 0 aromatic heterocycles. The smallest absolute Gasteiger partial charge is 0.302 e. The molecule has 3 fully saturated rings. The van der Waals surface area contributed by atoms with Crippen molar-refractivity contribution in [3.05, 3.63) is 76.3 Å². The summed E-state index contributed by atoms with van der Waals surface area (Å²) in [5.74, 6) is 2.33. The molecule has 0 radical (unpaired) electrons. The van der Waals surface area contributed by atoms with Gasteiger partial charge in [0.05, 0.1) is 0 Å². The quantitative estimate of drug-likeness (QED) is 0.203. The standard InChI is InChI=1S/C21H30O3.C18H18ClNS.ClH/c1-13(22)24-15-8-10-20(2)14(12-15)4-5-16-17-6-7-19(23)21(17,3)11-9-18(16)20;1-20(2)11-5-7-14-15-6-3-4-8-17(15)21-18-10-9-13(19)12-16(14)18;/h4,15-18H,5-12H2,1-3H3;3-4,6-10,12H,5,11H2,1-2H3;1H.